The minimum atomic E-state index is -2.69. The molecular weight excluding hydrogens is 264 g/mol. The van der Waals surface area contributed by atoms with E-state index >= 15 is 0 Å². The van der Waals surface area contributed by atoms with Crippen LogP contribution in [-0.2, 0) is 9.47 Å². The van der Waals surface area contributed by atoms with Crippen molar-refractivity contribution in [1.29, 1.82) is 0 Å². The van der Waals surface area contributed by atoms with E-state index in [4.69, 9.17) is 9.47 Å². The van der Waals surface area contributed by atoms with E-state index in [0.717, 1.165) is 46.1 Å². The van der Waals surface area contributed by atoms with Crippen LogP contribution in [0.15, 0.2) is 0 Å². The Bertz CT molecular complexity index is 228. The standard InChI is InChI=1S/C15H29F2NO2/c1-15(16,17)14-20-11-7-5-3-2-4-6-8-18-9-12-19-13-10-18/h2-14H2,1H3. The third kappa shape index (κ3) is 10.5. The van der Waals surface area contributed by atoms with Gasteiger partial charge in [0.05, 0.1) is 13.2 Å². The molecule has 0 atom stereocenters. The number of rotatable bonds is 11. The first-order valence-electron chi connectivity index (χ1n) is 7.83. The predicted molar refractivity (Wildman–Crippen MR) is 76.4 cm³/mol. The molecule has 1 saturated heterocycles. The van der Waals surface area contributed by atoms with E-state index in [2.05, 4.69) is 4.90 Å². The second kappa shape index (κ2) is 10.5. The molecule has 1 fully saturated rings. The van der Waals surface area contributed by atoms with E-state index in [0.29, 0.717) is 6.61 Å². The van der Waals surface area contributed by atoms with Crippen LogP contribution in [0.4, 0.5) is 8.78 Å². The molecule has 0 aromatic heterocycles. The number of halogens is 2. The fraction of sp³-hybridized carbons (Fsp3) is 1.00. The molecule has 3 nitrogen and oxygen atoms in total. The maximum atomic E-state index is 12.5. The lowest BCUT2D eigenvalue weighted by Crippen LogP contribution is -2.36. The Morgan fingerprint density at radius 2 is 1.60 bits per heavy atom. The molecule has 20 heavy (non-hydrogen) atoms. The van der Waals surface area contributed by atoms with Gasteiger partial charge in [-0.2, -0.15) is 0 Å². The number of ether oxygens (including phenoxy) is 2. The normalized spacial score (nSPS) is 17.6. The molecule has 0 unspecified atom stereocenters. The largest absolute Gasteiger partial charge is 0.379 e. The molecule has 1 aliphatic rings. The zero-order valence-electron chi connectivity index (χ0n) is 12.7. The smallest absolute Gasteiger partial charge is 0.268 e. The molecule has 1 aliphatic heterocycles. The van der Waals surface area contributed by atoms with Gasteiger partial charge in [0.25, 0.3) is 5.92 Å². The molecule has 5 heteroatoms. The topological polar surface area (TPSA) is 21.7 Å². The van der Waals surface area contributed by atoms with Crippen LogP contribution in [0.2, 0.25) is 0 Å². The molecule has 0 aromatic carbocycles. The number of unbranched alkanes of at least 4 members (excludes halogenated alkanes) is 5. The number of hydrogen-bond acceptors (Lipinski definition) is 3. The lowest BCUT2D eigenvalue weighted by atomic mass is 10.1. The number of morpholine rings is 1. The van der Waals surface area contributed by atoms with Crippen molar-refractivity contribution in [3.63, 3.8) is 0 Å². The van der Waals surface area contributed by atoms with Gasteiger partial charge < -0.3 is 9.47 Å². The van der Waals surface area contributed by atoms with Crippen molar-refractivity contribution in [2.24, 2.45) is 0 Å². The van der Waals surface area contributed by atoms with Crippen LogP contribution in [-0.4, -0.2) is 56.9 Å². The van der Waals surface area contributed by atoms with Gasteiger partial charge in [-0.3, -0.25) is 4.90 Å². The molecule has 1 heterocycles. The zero-order valence-corrected chi connectivity index (χ0v) is 12.7. The average molecular weight is 293 g/mol. The molecule has 1 rings (SSSR count). The summed E-state index contributed by atoms with van der Waals surface area (Å²) in [6, 6.07) is 0. The summed E-state index contributed by atoms with van der Waals surface area (Å²) in [5.41, 5.74) is 0. The van der Waals surface area contributed by atoms with Crippen LogP contribution in [0.5, 0.6) is 0 Å². The highest BCUT2D eigenvalue weighted by Gasteiger charge is 2.20. The SMILES string of the molecule is CC(F)(F)COCCCCCCCCN1CCOCC1. The van der Waals surface area contributed by atoms with Crippen LogP contribution in [0.25, 0.3) is 0 Å². The van der Waals surface area contributed by atoms with Gasteiger partial charge in [-0.25, -0.2) is 8.78 Å². The van der Waals surface area contributed by atoms with Gasteiger partial charge in [-0.05, 0) is 19.4 Å². The minimum Gasteiger partial charge on any atom is -0.379 e. The van der Waals surface area contributed by atoms with Crippen LogP contribution < -0.4 is 0 Å². The van der Waals surface area contributed by atoms with Gasteiger partial charge in [-0.15, -0.1) is 0 Å². The van der Waals surface area contributed by atoms with Gasteiger partial charge in [0.1, 0.15) is 6.61 Å². The van der Waals surface area contributed by atoms with Crippen molar-refractivity contribution in [3.05, 3.63) is 0 Å². The summed E-state index contributed by atoms with van der Waals surface area (Å²) in [5, 5.41) is 0. The van der Waals surface area contributed by atoms with Crippen LogP contribution >= 0.6 is 0 Å². The molecule has 0 aromatic rings. The Morgan fingerprint density at radius 3 is 2.25 bits per heavy atom. The van der Waals surface area contributed by atoms with E-state index < -0.39 is 12.5 Å². The number of hydrogen-bond donors (Lipinski definition) is 0. The van der Waals surface area contributed by atoms with Gasteiger partial charge in [0.2, 0.25) is 0 Å². The Kier molecular flexibility index (Phi) is 9.31. The highest BCUT2D eigenvalue weighted by molar-refractivity contribution is 4.61. The van der Waals surface area contributed by atoms with Gasteiger partial charge >= 0.3 is 0 Å². The van der Waals surface area contributed by atoms with Crippen LogP contribution in [0.3, 0.4) is 0 Å². The predicted octanol–water partition coefficient (Wildman–Crippen LogP) is 3.33. The monoisotopic (exact) mass is 293 g/mol. The maximum absolute atomic E-state index is 12.5. The summed E-state index contributed by atoms with van der Waals surface area (Å²) < 4.78 is 35.2. The molecule has 0 aliphatic carbocycles. The first-order chi connectivity index (χ1) is 9.58. The molecule has 0 spiro atoms. The molecule has 0 N–H and O–H groups in total. The third-order valence-corrected chi connectivity index (χ3v) is 3.47. The maximum Gasteiger partial charge on any atom is 0.268 e. The molecule has 0 bridgehead atoms. The van der Waals surface area contributed by atoms with E-state index in [-0.39, 0.29) is 0 Å². The van der Waals surface area contributed by atoms with Gasteiger partial charge in [-0.1, -0.05) is 25.7 Å². The van der Waals surface area contributed by atoms with Crippen LogP contribution in [0.1, 0.15) is 45.4 Å². The van der Waals surface area contributed by atoms with Crippen molar-refractivity contribution < 1.29 is 18.3 Å². The minimum absolute atomic E-state index is 0.452. The summed E-state index contributed by atoms with van der Waals surface area (Å²) in [6.07, 6.45) is 6.87. The highest BCUT2D eigenvalue weighted by atomic mass is 19.3. The van der Waals surface area contributed by atoms with E-state index in [9.17, 15) is 8.78 Å². The lowest BCUT2D eigenvalue weighted by molar-refractivity contribution is -0.0629. The van der Waals surface area contributed by atoms with Crippen molar-refractivity contribution in [1.82, 2.24) is 4.90 Å². The molecule has 0 saturated carbocycles. The quantitative estimate of drug-likeness (QED) is 0.545. The fourth-order valence-corrected chi connectivity index (χ4v) is 2.32. The molecule has 120 valence electrons. The third-order valence-electron chi connectivity index (χ3n) is 3.47. The Labute approximate surface area is 121 Å². The molecule has 0 radical (unpaired) electrons. The zero-order chi connectivity index (χ0) is 14.7. The number of alkyl halides is 2. The van der Waals surface area contributed by atoms with E-state index in [1.807, 2.05) is 0 Å². The second-order valence-corrected chi connectivity index (χ2v) is 5.70. The number of nitrogens with zero attached hydrogens (tertiary/aromatic N) is 1. The fourth-order valence-electron chi connectivity index (χ4n) is 2.32. The summed E-state index contributed by atoms with van der Waals surface area (Å²) in [7, 11) is 0. The lowest BCUT2D eigenvalue weighted by Gasteiger charge is -2.26. The Balaban J connectivity index is 1.76. The van der Waals surface area contributed by atoms with Crippen molar-refractivity contribution in [3.8, 4) is 0 Å². The van der Waals surface area contributed by atoms with E-state index in [1.54, 1.807) is 0 Å². The summed E-state index contributed by atoms with van der Waals surface area (Å²) in [4.78, 5) is 2.46. The molecule has 0 amide bonds. The average Bonchev–Trinajstić information content (AvgIpc) is 2.41. The summed E-state index contributed by atoms with van der Waals surface area (Å²) in [6.45, 7) is 5.95. The van der Waals surface area contributed by atoms with Gasteiger partial charge in [0, 0.05) is 26.6 Å². The van der Waals surface area contributed by atoms with Crippen molar-refractivity contribution in [2.75, 3.05) is 46.1 Å². The van der Waals surface area contributed by atoms with Crippen LogP contribution in [0, 0.1) is 0 Å². The summed E-state index contributed by atoms with van der Waals surface area (Å²) >= 11 is 0. The highest BCUT2D eigenvalue weighted by Crippen LogP contribution is 2.12. The molecular formula is C15H29F2NO2. The summed E-state index contributed by atoms with van der Waals surface area (Å²) in [5.74, 6) is -2.69. The van der Waals surface area contributed by atoms with Gasteiger partial charge in [0.15, 0.2) is 0 Å². The van der Waals surface area contributed by atoms with Crippen molar-refractivity contribution >= 4 is 0 Å². The second-order valence-electron chi connectivity index (χ2n) is 5.70. The Morgan fingerprint density at radius 1 is 1.00 bits per heavy atom. The van der Waals surface area contributed by atoms with E-state index in [1.165, 1.54) is 32.2 Å². The van der Waals surface area contributed by atoms with Crippen molar-refractivity contribution in [2.45, 2.75) is 51.4 Å². The first-order valence-corrected chi connectivity index (χ1v) is 7.83. The first kappa shape index (κ1) is 17.8. The Hall–Kier alpha value is -0.260.